The summed E-state index contributed by atoms with van der Waals surface area (Å²) in [5, 5.41) is 20.2. The highest BCUT2D eigenvalue weighted by molar-refractivity contribution is 5.76. The Kier molecular flexibility index (Phi) is 2.92. The highest BCUT2D eigenvalue weighted by Gasteiger charge is 2.38. The lowest BCUT2D eigenvalue weighted by Gasteiger charge is -2.35. The molecule has 0 unspecified atom stereocenters. The van der Waals surface area contributed by atoms with Crippen molar-refractivity contribution in [2.24, 2.45) is 5.73 Å². The van der Waals surface area contributed by atoms with Gasteiger partial charge in [0.1, 0.15) is 11.7 Å². The molecule has 0 bridgehead atoms. The van der Waals surface area contributed by atoms with Gasteiger partial charge in [0.25, 0.3) is 0 Å². The number of aliphatic hydroxyl groups is 2. The van der Waals surface area contributed by atoms with E-state index in [1.807, 2.05) is 30.3 Å². The number of rotatable bonds is 2. The minimum Gasteiger partial charge on any atom is -0.386 e. The second-order valence-corrected chi connectivity index (χ2v) is 3.90. The van der Waals surface area contributed by atoms with Crippen LogP contribution in [0.2, 0.25) is 0 Å². The van der Waals surface area contributed by atoms with Crippen LogP contribution in [-0.4, -0.2) is 28.5 Å². The molecule has 1 aromatic rings. The Morgan fingerprint density at radius 1 is 1.25 bits per heavy atom. The Morgan fingerprint density at radius 2 is 1.94 bits per heavy atom. The summed E-state index contributed by atoms with van der Waals surface area (Å²) in [6.45, 7) is -0.0146. The standard InChI is InChI=1S/C13H15NO2/c14-9-13(16)11(7-4-8-12(13)15)10-5-2-1-3-6-10/h1-8,12,15-16H,9,14H2/t12-,13+/m0/s1. The van der Waals surface area contributed by atoms with Crippen LogP contribution in [0.1, 0.15) is 5.56 Å². The molecule has 0 radical (unpaired) electrons. The highest BCUT2D eigenvalue weighted by Crippen LogP contribution is 2.32. The van der Waals surface area contributed by atoms with E-state index in [2.05, 4.69) is 0 Å². The molecule has 0 heterocycles. The zero-order valence-corrected chi connectivity index (χ0v) is 8.88. The fourth-order valence-electron chi connectivity index (χ4n) is 1.91. The summed E-state index contributed by atoms with van der Waals surface area (Å²) in [5.41, 5.74) is 5.71. The van der Waals surface area contributed by atoms with Crippen molar-refractivity contribution in [3.8, 4) is 0 Å². The third-order valence-electron chi connectivity index (χ3n) is 2.91. The van der Waals surface area contributed by atoms with E-state index < -0.39 is 11.7 Å². The molecular weight excluding hydrogens is 202 g/mol. The molecule has 0 saturated carbocycles. The van der Waals surface area contributed by atoms with E-state index in [9.17, 15) is 10.2 Å². The monoisotopic (exact) mass is 217 g/mol. The van der Waals surface area contributed by atoms with Crippen LogP contribution in [0.3, 0.4) is 0 Å². The van der Waals surface area contributed by atoms with Crippen molar-refractivity contribution in [1.82, 2.24) is 0 Å². The number of allylic oxidation sites excluding steroid dienone is 2. The van der Waals surface area contributed by atoms with Crippen molar-refractivity contribution < 1.29 is 10.2 Å². The first-order valence-corrected chi connectivity index (χ1v) is 5.23. The molecule has 1 aromatic carbocycles. The Bertz CT molecular complexity index is 425. The van der Waals surface area contributed by atoms with Crippen LogP contribution >= 0.6 is 0 Å². The molecule has 3 heteroatoms. The molecule has 1 aliphatic rings. The number of hydrogen-bond donors (Lipinski definition) is 3. The Labute approximate surface area is 94.5 Å². The summed E-state index contributed by atoms with van der Waals surface area (Å²) in [5.74, 6) is 0. The molecule has 0 fully saturated rings. The van der Waals surface area contributed by atoms with Crippen molar-refractivity contribution in [3.63, 3.8) is 0 Å². The number of nitrogens with two attached hydrogens (primary N) is 1. The minimum atomic E-state index is -1.39. The van der Waals surface area contributed by atoms with E-state index in [-0.39, 0.29) is 6.54 Å². The number of aliphatic hydroxyl groups excluding tert-OH is 1. The molecule has 0 spiro atoms. The van der Waals surface area contributed by atoms with E-state index in [0.29, 0.717) is 5.57 Å². The Balaban J connectivity index is 2.47. The number of hydrogen-bond acceptors (Lipinski definition) is 3. The maximum atomic E-state index is 10.4. The normalized spacial score (nSPS) is 28.9. The first-order valence-electron chi connectivity index (χ1n) is 5.23. The summed E-state index contributed by atoms with van der Waals surface area (Å²) in [4.78, 5) is 0. The smallest absolute Gasteiger partial charge is 0.132 e. The fourth-order valence-corrected chi connectivity index (χ4v) is 1.91. The van der Waals surface area contributed by atoms with Gasteiger partial charge in [-0.25, -0.2) is 0 Å². The van der Waals surface area contributed by atoms with Gasteiger partial charge in [0.05, 0.1) is 0 Å². The molecule has 0 aromatic heterocycles. The molecule has 84 valence electrons. The summed E-state index contributed by atoms with van der Waals surface area (Å²) < 4.78 is 0. The zero-order chi connectivity index (χ0) is 11.6. The van der Waals surface area contributed by atoms with Crippen LogP contribution in [0.5, 0.6) is 0 Å². The highest BCUT2D eigenvalue weighted by atomic mass is 16.3. The first-order chi connectivity index (χ1) is 7.68. The third kappa shape index (κ3) is 1.69. The molecule has 2 atom stereocenters. The molecular formula is C13H15NO2. The second-order valence-electron chi connectivity index (χ2n) is 3.90. The summed E-state index contributed by atoms with van der Waals surface area (Å²) in [6, 6.07) is 9.45. The first kappa shape index (κ1) is 11.1. The predicted molar refractivity (Wildman–Crippen MR) is 63.6 cm³/mol. The van der Waals surface area contributed by atoms with Gasteiger partial charge in [0.2, 0.25) is 0 Å². The third-order valence-corrected chi connectivity index (χ3v) is 2.91. The SMILES string of the molecule is NC[C@@]1(O)C(c2ccccc2)=CC=C[C@@H]1O. The quantitative estimate of drug-likeness (QED) is 0.683. The minimum absolute atomic E-state index is 0.0146. The lowest BCUT2D eigenvalue weighted by molar-refractivity contribution is 0.000114. The molecule has 0 amide bonds. The van der Waals surface area contributed by atoms with E-state index in [1.165, 1.54) is 0 Å². The molecule has 0 aliphatic heterocycles. The molecule has 16 heavy (non-hydrogen) atoms. The van der Waals surface area contributed by atoms with Gasteiger partial charge in [-0.3, -0.25) is 0 Å². The van der Waals surface area contributed by atoms with Crippen LogP contribution in [0.15, 0.2) is 48.6 Å². The van der Waals surface area contributed by atoms with Gasteiger partial charge in [-0.15, -0.1) is 0 Å². The van der Waals surface area contributed by atoms with Crippen LogP contribution in [0.4, 0.5) is 0 Å². The van der Waals surface area contributed by atoms with Gasteiger partial charge in [-0.2, -0.15) is 0 Å². The predicted octanol–water partition coefficient (Wildman–Crippen LogP) is 0.690. The van der Waals surface area contributed by atoms with E-state index in [1.54, 1.807) is 18.2 Å². The zero-order valence-electron chi connectivity index (χ0n) is 8.88. The number of benzene rings is 1. The van der Waals surface area contributed by atoms with E-state index in [4.69, 9.17) is 5.73 Å². The second kappa shape index (κ2) is 4.22. The molecule has 4 N–H and O–H groups in total. The maximum Gasteiger partial charge on any atom is 0.132 e. The summed E-state index contributed by atoms with van der Waals surface area (Å²) in [7, 11) is 0. The van der Waals surface area contributed by atoms with E-state index >= 15 is 0 Å². The molecule has 0 saturated heterocycles. The Hall–Kier alpha value is -1.42. The average molecular weight is 217 g/mol. The lowest BCUT2D eigenvalue weighted by Crippen LogP contribution is -2.49. The fraction of sp³-hybridized carbons (Fsp3) is 0.231. The van der Waals surface area contributed by atoms with Crippen molar-refractivity contribution in [1.29, 1.82) is 0 Å². The van der Waals surface area contributed by atoms with Crippen LogP contribution in [0.25, 0.3) is 5.57 Å². The van der Waals surface area contributed by atoms with Gasteiger partial charge in [-0.1, -0.05) is 48.6 Å². The van der Waals surface area contributed by atoms with Gasteiger partial charge in [-0.05, 0) is 11.1 Å². The molecule has 3 nitrogen and oxygen atoms in total. The molecule has 2 rings (SSSR count). The topological polar surface area (TPSA) is 66.5 Å². The van der Waals surface area contributed by atoms with Crippen molar-refractivity contribution in [3.05, 3.63) is 54.1 Å². The van der Waals surface area contributed by atoms with Gasteiger partial charge < -0.3 is 15.9 Å². The van der Waals surface area contributed by atoms with E-state index in [0.717, 1.165) is 5.56 Å². The summed E-state index contributed by atoms with van der Waals surface area (Å²) in [6.07, 6.45) is 4.10. The van der Waals surface area contributed by atoms with Gasteiger partial charge >= 0.3 is 0 Å². The Morgan fingerprint density at radius 3 is 2.56 bits per heavy atom. The lowest BCUT2D eigenvalue weighted by atomic mass is 9.80. The largest absolute Gasteiger partial charge is 0.386 e. The average Bonchev–Trinajstić information content (AvgIpc) is 2.34. The van der Waals surface area contributed by atoms with Gasteiger partial charge in [0.15, 0.2) is 0 Å². The molecule has 1 aliphatic carbocycles. The van der Waals surface area contributed by atoms with Crippen LogP contribution in [-0.2, 0) is 0 Å². The van der Waals surface area contributed by atoms with Crippen molar-refractivity contribution >= 4 is 5.57 Å². The summed E-state index contributed by atoms with van der Waals surface area (Å²) >= 11 is 0. The van der Waals surface area contributed by atoms with Crippen LogP contribution in [0, 0.1) is 0 Å². The van der Waals surface area contributed by atoms with Crippen molar-refractivity contribution in [2.45, 2.75) is 11.7 Å². The van der Waals surface area contributed by atoms with Gasteiger partial charge in [0, 0.05) is 6.54 Å². The van der Waals surface area contributed by atoms with Crippen LogP contribution < -0.4 is 5.73 Å². The maximum absolute atomic E-state index is 10.4. The van der Waals surface area contributed by atoms with Crippen molar-refractivity contribution in [2.75, 3.05) is 6.54 Å².